The number of ether oxygens (including phenoxy) is 3. The summed E-state index contributed by atoms with van der Waals surface area (Å²) >= 11 is 0. The lowest BCUT2D eigenvalue weighted by molar-refractivity contribution is -0.123. The van der Waals surface area contributed by atoms with Gasteiger partial charge in [-0.15, -0.1) is 0 Å². The maximum absolute atomic E-state index is 12.3. The van der Waals surface area contributed by atoms with Crippen molar-refractivity contribution in [2.75, 3.05) is 18.7 Å². The number of benzene rings is 2. The van der Waals surface area contributed by atoms with E-state index in [-0.39, 0.29) is 30.7 Å². The van der Waals surface area contributed by atoms with Gasteiger partial charge in [0.2, 0.25) is 12.7 Å². The van der Waals surface area contributed by atoms with E-state index in [9.17, 15) is 14.4 Å². The van der Waals surface area contributed by atoms with Crippen LogP contribution in [-0.2, 0) is 9.53 Å². The highest BCUT2D eigenvalue weighted by atomic mass is 16.7. The molecule has 1 N–H and O–H groups in total. The molecule has 0 saturated heterocycles. The van der Waals surface area contributed by atoms with Crippen molar-refractivity contribution in [1.29, 1.82) is 0 Å². The Bertz CT molecular complexity index is 911. The van der Waals surface area contributed by atoms with E-state index in [0.717, 1.165) is 0 Å². The maximum Gasteiger partial charge on any atom is 0.338 e. The highest BCUT2D eigenvalue weighted by Gasteiger charge is 2.21. The molecule has 1 heterocycles. The molecule has 28 heavy (non-hydrogen) atoms. The molecule has 0 aromatic heterocycles. The number of nitrogens with one attached hydrogen (secondary N) is 1. The van der Waals surface area contributed by atoms with Crippen molar-refractivity contribution in [3.8, 4) is 11.5 Å². The van der Waals surface area contributed by atoms with Crippen molar-refractivity contribution >= 4 is 23.3 Å². The van der Waals surface area contributed by atoms with Gasteiger partial charge >= 0.3 is 5.97 Å². The minimum atomic E-state index is -0.624. The van der Waals surface area contributed by atoms with Gasteiger partial charge in [0, 0.05) is 16.7 Å². The summed E-state index contributed by atoms with van der Waals surface area (Å²) in [6.07, 6.45) is 0. The first-order valence-electron chi connectivity index (χ1n) is 8.75. The van der Waals surface area contributed by atoms with Crippen LogP contribution in [0.3, 0.4) is 0 Å². The van der Waals surface area contributed by atoms with Crippen LogP contribution in [-0.4, -0.2) is 31.1 Å². The number of rotatable bonds is 5. The van der Waals surface area contributed by atoms with E-state index in [1.165, 1.54) is 6.07 Å². The molecule has 0 bridgehead atoms. The zero-order chi connectivity index (χ0) is 20.3. The number of amides is 1. The molecule has 0 spiro atoms. The normalized spacial score (nSPS) is 12.4. The quantitative estimate of drug-likeness (QED) is 0.628. The Labute approximate surface area is 162 Å². The summed E-state index contributed by atoms with van der Waals surface area (Å²) < 4.78 is 15.5. The second-order valence-corrected chi connectivity index (χ2v) is 7.35. The minimum absolute atomic E-state index is 0.110. The lowest BCUT2D eigenvalue weighted by Gasteiger charge is -2.17. The van der Waals surface area contributed by atoms with Gasteiger partial charge in [-0.2, -0.15) is 0 Å². The second-order valence-electron chi connectivity index (χ2n) is 7.35. The Morgan fingerprint density at radius 3 is 2.29 bits per heavy atom. The van der Waals surface area contributed by atoms with Gasteiger partial charge in [-0.25, -0.2) is 4.79 Å². The summed E-state index contributed by atoms with van der Waals surface area (Å²) in [7, 11) is 0. The molecule has 146 valence electrons. The Kier molecular flexibility index (Phi) is 5.35. The number of esters is 1. The van der Waals surface area contributed by atoms with Crippen molar-refractivity contribution in [3.05, 3.63) is 53.6 Å². The van der Waals surface area contributed by atoms with Gasteiger partial charge in [0.1, 0.15) is 0 Å². The van der Waals surface area contributed by atoms with Crippen LogP contribution in [0.15, 0.2) is 42.5 Å². The average Bonchev–Trinajstić information content (AvgIpc) is 3.13. The summed E-state index contributed by atoms with van der Waals surface area (Å²) in [6.45, 7) is 5.16. The molecule has 1 aliphatic heterocycles. The molecule has 0 saturated carbocycles. The van der Waals surface area contributed by atoms with E-state index in [2.05, 4.69) is 5.32 Å². The summed E-state index contributed by atoms with van der Waals surface area (Å²) in [5.41, 5.74) is 0.732. The molecule has 3 rings (SSSR count). The van der Waals surface area contributed by atoms with Crippen LogP contribution >= 0.6 is 0 Å². The molecule has 2 aromatic rings. The molecule has 0 atom stereocenters. The number of anilines is 1. The first kappa shape index (κ1) is 19.4. The highest BCUT2D eigenvalue weighted by Crippen LogP contribution is 2.32. The van der Waals surface area contributed by atoms with Gasteiger partial charge in [-0.1, -0.05) is 20.8 Å². The van der Waals surface area contributed by atoms with Crippen LogP contribution in [0.4, 0.5) is 5.69 Å². The van der Waals surface area contributed by atoms with E-state index in [4.69, 9.17) is 14.2 Å². The first-order chi connectivity index (χ1) is 13.2. The largest absolute Gasteiger partial charge is 0.454 e. The van der Waals surface area contributed by atoms with Crippen LogP contribution < -0.4 is 14.8 Å². The molecule has 0 radical (unpaired) electrons. The number of hydrogen-bond donors (Lipinski definition) is 1. The third-order valence-electron chi connectivity index (χ3n) is 4.09. The third kappa shape index (κ3) is 4.49. The second kappa shape index (κ2) is 7.72. The predicted molar refractivity (Wildman–Crippen MR) is 102 cm³/mol. The number of hydrogen-bond acceptors (Lipinski definition) is 6. The molecule has 1 aliphatic rings. The molecule has 1 amide bonds. The van der Waals surface area contributed by atoms with Gasteiger partial charge < -0.3 is 19.5 Å². The van der Waals surface area contributed by atoms with Crippen LogP contribution in [0, 0.1) is 5.41 Å². The van der Waals surface area contributed by atoms with E-state index in [1.54, 1.807) is 36.4 Å². The topological polar surface area (TPSA) is 90.9 Å². The molecule has 7 nitrogen and oxygen atoms in total. The zero-order valence-corrected chi connectivity index (χ0v) is 15.9. The van der Waals surface area contributed by atoms with Crippen molar-refractivity contribution in [2.24, 2.45) is 5.41 Å². The SMILES string of the molecule is CC(C)(C)C(=O)Nc1ccc(C(=O)COC(=O)c2ccc3c(c2)OCO3)cc1. The minimum Gasteiger partial charge on any atom is -0.454 e. The molecule has 0 fully saturated rings. The molecule has 0 aliphatic carbocycles. The molecule has 7 heteroatoms. The van der Waals surface area contributed by atoms with E-state index >= 15 is 0 Å². The van der Waals surface area contributed by atoms with Gasteiger partial charge in [0.15, 0.2) is 23.9 Å². The average molecular weight is 383 g/mol. The van der Waals surface area contributed by atoms with Crippen molar-refractivity contribution < 1.29 is 28.6 Å². The van der Waals surface area contributed by atoms with E-state index < -0.39 is 11.4 Å². The van der Waals surface area contributed by atoms with Crippen LogP contribution in [0.5, 0.6) is 11.5 Å². The molecule has 0 unspecified atom stereocenters. The number of carbonyl (C=O) groups excluding carboxylic acids is 3. The Morgan fingerprint density at radius 1 is 0.964 bits per heavy atom. The van der Waals surface area contributed by atoms with Crippen LogP contribution in [0.1, 0.15) is 41.5 Å². The summed E-state index contributed by atoms with van der Waals surface area (Å²) in [4.78, 5) is 36.4. The Hall–Kier alpha value is -3.35. The fraction of sp³-hybridized carbons (Fsp3) is 0.286. The number of Topliss-reactive ketones (excluding diaryl/α,β-unsaturated/α-hetero) is 1. The Balaban J connectivity index is 1.56. The van der Waals surface area contributed by atoms with Crippen molar-refractivity contribution in [3.63, 3.8) is 0 Å². The smallest absolute Gasteiger partial charge is 0.338 e. The number of carbonyl (C=O) groups is 3. The zero-order valence-electron chi connectivity index (χ0n) is 15.9. The predicted octanol–water partition coefficient (Wildman–Crippen LogP) is 3.44. The fourth-order valence-electron chi connectivity index (χ4n) is 2.38. The Morgan fingerprint density at radius 2 is 1.61 bits per heavy atom. The summed E-state index contributed by atoms with van der Waals surface area (Å²) in [5.74, 6) is -0.0623. The standard InChI is InChI=1S/C21H21NO6/c1-21(2,3)20(25)22-15-7-4-13(5-8-15)16(23)11-26-19(24)14-6-9-17-18(10-14)28-12-27-17/h4-10H,11-12H2,1-3H3,(H,22,25). The molecular formula is C21H21NO6. The van der Waals surface area contributed by atoms with Crippen molar-refractivity contribution in [2.45, 2.75) is 20.8 Å². The van der Waals surface area contributed by atoms with Gasteiger partial charge in [-0.3, -0.25) is 9.59 Å². The highest BCUT2D eigenvalue weighted by molar-refractivity contribution is 6.00. The fourth-order valence-corrected chi connectivity index (χ4v) is 2.38. The van der Waals surface area contributed by atoms with Gasteiger partial charge in [0.05, 0.1) is 5.56 Å². The first-order valence-corrected chi connectivity index (χ1v) is 8.75. The maximum atomic E-state index is 12.3. The van der Waals surface area contributed by atoms with E-state index in [0.29, 0.717) is 22.7 Å². The van der Waals surface area contributed by atoms with Gasteiger partial charge in [0.25, 0.3) is 0 Å². The monoisotopic (exact) mass is 383 g/mol. The third-order valence-corrected chi connectivity index (χ3v) is 4.09. The lowest BCUT2D eigenvalue weighted by atomic mass is 9.95. The molecular weight excluding hydrogens is 362 g/mol. The summed E-state index contributed by atoms with van der Waals surface area (Å²) in [5, 5.41) is 2.78. The number of fused-ring (bicyclic) bond motifs is 1. The number of ketones is 1. The van der Waals surface area contributed by atoms with Gasteiger partial charge in [-0.05, 0) is 42.5 Å². The van der Waals surface area contributed by atoms with Crippen LogP contribution in [0.25, 0.3) is 0 Å². The summed E-state index contributed by atoms with van der Waals surface area (Å²) in [6, 6.07) is 11.1. The van der Waals surface area contributed by atoms with Crippen molar-refractivity contribution in [1.82, 2.24) is 0 Å². The van der Waals surface area contributed by atoms with Crippen LogP contribution in [0.2, 0.25) is 0 Å². The lowest BCUT2D eigenvalue weighted by Crippen LogP contribution is -2.27. The molecule has 2 aromatic carbocycles. The van der Waals surface area contributed by atoms with E-state index in [1.807, 2.05) is 20.8 Å².